The first kappa shape index (κ1) is 9.15. The SMILES string of the molecule is CC(Cl)c1noc(-c2ccncc2)n1. The van der Waals surface area contributed by atoms with Crippen LogP contribution in [0.1, 0.15) is 18.1 Å². The summed E-state index contributed by atoms with van der Waals surface area (Å²) in [7, 11) is 0. The third-order valence-electron chi connectivity index (χ3n) is 1.72. The molecule has 0 N–H and O–H groups in total. The van der Waals surface area contributed by atoms with E-state index in [0.29, 0.717) is 11.7 Å². The van der Waals surface area contributed by atoms with Crippen molar-refractivity contribution in [2.75, 3.05) is 0 Å². The van der Waals surface area contributed by atoms with Gasteiger partial charge in [-0.2, -0.15) is 4.98 Å². The standard InChI is InChI=1S/C9H8ClN3O/c1-6(10)8-12-9(14-13-8)7-2-4-11-5-3-7/h2-6H,1H3. The zero-order valence-electron chi connectivity index (χ0n) is 7.51. The van der Waals surface area contributed by atoms with Crippen LogP contribution in [0.2, 0.25) is 0 Å². The zero-order chi connectivity index (χ0) is 9.97. The van der Waals surface area contributed by atoms with Crippen LogP contribution in [0.25, 0.3) is 11.5 Å². The molecule has 0 fully saturated rings. The lowest BCUT2D eigenvalue weighted by Gasteiger charge is -1.91. The van der Waals surface area contributed by atoms with Crippen LogP contribution in [0.3, 0.4) is 0 Å². The second kappa shape index (κ2) is 3.75. The number of hydrogen-bond donors (Lipinski definition) is 0. The molecule has 0 saturated heterocycles. The van der Waals surface area contributed by atoms with Gasteiger partial charge in [0.2, 0.25) is 0 Å². The van der Waals surface area contributed by atoms with Gasteiger partial charge in [-0.25, -0.2) is 0 Å². The molecule has 2 aromatic rings. The van der Waals surface area contributed by atoms with Gasteiger partial charge in [0.05, 0.1) is 5.38 Å². The lowest BCUT2D eigenvalue weighted by molar-refractivity contribution is 0.422. The van der Waals surface area contributed by atoms with E-state index < -0.39 is 0 Å². The first-order chi connectivity index (χ1) is 6.77. The Morgan fingerprint density at radius 1 is 1.36 bits per heavy atom. The zero-order valence-corrected chi connectivity index (χ0v) is 8.27. The van der Waals surface area contributed by atoms with E-state index in [1.165, 1.54) is 0 Å². The number of alkyl halides is 1. The second-order valence-electron chi connectivity index (χ2n) is 2.81. The number of rotatable bonds is 2. The average molecular weight is 210 g/mol. The van der Waals surface area contributed by atoms with Gasteiger partial charge in [0.15, 0.2) is 5.82 Å². The Kier molecular flexibility index (Phi) is 2.45. The van der Waals surface area contributed by atoms with E-state index in [1.807, 2.05) is 0 Å². The summed E-state index contributed by atoms with van der Waals surface area (Å²) in [5, 5.41) is 3.51. The maximum absolute atomic E-state index is 5.81. The van der Waals surface area contributed by atoms with Crippen LogP contribution in [0, 0.1) is 0 Å². The number of halogens is 1. The number of hydrogen-bond acceptors (Lipinski definition) is 4. The van der Waals surface area contributed by atoms with Crippen LogP contribution >= 0.6 is 11.6 Å². The molecule has 0 aromatic carbocycles. The van der Waals surface area contributed by atoms with Gasteiger partial charge in [-0.05, 0) is 19.1 Å². The van der Waals surface area contributed by atoms with Crippen molar-refractivity contribution in [3.8, 4) is 11.5 Å². The van der Waals surface area contributed by atoms with E-state index in [4.69, 9.17) is 16.1 Å². The van der Waals surface area contributed by atoms with Gasteiger partial charge >= 0.3 is 0 Å². The predicted molar refractivity (Wildman–Crippen MR) is 51.8 cm³/mol. The van der Waals surface area contributed by atoms with Crippen molar-refractivity contribution >= 4 is 11.6 Å². The fraction of sp³-hybridized carbons (Fsp3) is 0.222. The first-order valence-electron chi connectivity index (χ1n) is 4.15. The van der Waals surface area contributed by atoms with E-state index in [1.54, 1.807) is 31.5 Å². The third-order valence-corrected chi connectivity index (χ3v) is 1.92. The lowest BCUT2D eigenvalue weighted by atomic mass is 10.3. The molecule has 4 nitrogen and oxygen atoms in total. The van der Waals surface area contributed by atoms with Gasteiger partial charge in [0.25, 0.3) is 5.89 Å². The Morgan fingerprint density at radius 2 is 2.07 bits per heavy atom. The fourth-order valence-corrected chi connectivity index (χ4v) is 1.10. The molecule has 0 aliphatic rings. The van der Waals surface area contributed by atoms with Crippen molar-refractivity contribution in [1.29, 1.82) is 0 Å². The van der Waals surface area contributed by atoms with Gasteiger partial charge in [0, 0.05) is 18.0 Å². The van der Waals surface area contributed by atoms with Crippen LogP contribution < -0.4 is 0 Å². The topological polar surface area (TPSA) is 51.8 Å². The Hall–Kier alpha value is -1.42. The van der Waals surface area contributed by atoms with Gasteiger partial charge in [0.1, 0.15) is 0 Å². The highest BCUT2D eigenvalue weighted by atomic mass is 35.5. The van der Waals surface area contributed by atoms with Gasteiger partial charge in [-0.15, -0.1) is 11.6 Å². The molecule has 0 amide bonds. The molecule has 0 saturated carbocycles. The molecule has 0 spiro atoms. The number of nitrogens with zero attached hydrogens (tertiary/aromatic N) is 3. The Balaban J connectivity index is 2.34. The summed E-state index contributed by atoms with van der Waals surface area (Å²) in [6.45, 7) is 1.79. The summed E-state index contributed by atoms with van der Waals surface area (Å²) in [6, 6.07) is 3.60. The molecule has 5 heteroatoms. The van der Waals surface area contributed by atoms with E-state index >= 15 is 0 Å². The molecular formula is C9H8ClN3O. The van der Waals surface area contributed by atoms with Crippen LogP contribution in [0.15, 0.2) is 29.0 Å². The minimum Gasteiger partial charge on any atom is -0.334 e. The average Bonchev–Trinajstić information content (AvgIpc) is 2.68. The van der Waals surface area contributed by atoms with Crippen molar-refractivity contribution in [3.05, 3.63) is 30.4 Å². The molecular weight excluding hydrogens is 202 g/mol. The molecule has 1 atom stereocenters. The highest BCUT2D eigenvalue weighted by Crippen LogP contribution is 2.20. The quantitative estimate of drug-likeness (QED) is 0.713. The van der Waals surface area contributed by atoms with Gasteiger partial charge in [-0.1, -0.05) is 5.16 Å². The molecule has 0 aliphatic heterocycles. The van der Waals surface area contributed by atoms with Crippen molar-refractivity contribution < 1.29 is 4.52 Å². The van der Waals surface area contributed by atoms with E-state index in [2.05, 4.69) is 15.1 Å². The number of pyridine rings is 1. The molecule has 0 radical (unpaired) electrons. The predicted octanol–water partition coefficient (Wildman–Crippen LogP) is 2.43. The maximum Gasteiger partial charge on any atom is 0.258 e. The van der Waals surface area contributed by atoms with E-state index in [-0.39, 0.29) is 5.38 Å². The summed E-state index contributed by atoms with van der Waals surface area (Å²) >= 11 is 5.81. The van der Waals surface area contributed by atoms with Crippen molar-refractivity contribution in [2.45, 2.75) is 12.3 Å². The molecule has 2 rings (SSSR count). The smallest absolute Gasteiger partial charge is 0.258 e. The van der Waals surface area contributed by atoms with E-state index in [0.717, 1.165) is 5.56 Å². The maximum atomic E-state index is 5.81. The van der Waals surface area contributed by atoms with Gasteiger partial charge in [-0.3, -0.25) is 4.98 Å². The molecule has 2 aromatic heterocycles. The summed E-state index contributed by atoms with van der Waals surface area (Å²) in [6.07, 6.45) is 3.34. The Labute approximate surface area is 85.9 Å². The van der Waals surface area contributed by atoms with Crippen molar-refractivity contribution in [2.24, 2.45) is 0 Å². The minimum atomic E-state index is -0.241. The van der Waals surface area contributed by atoms with Crippen LogP contribution in [-0.4, -0.2) is 15.1 Å². The summed E-state index contributed by atoms with van der Waals surface area (Å²) in [4.78, 5) is 8.04. The normalized spacial score (nSPS) is 12.7. The molecule has 2 heterocycles. The Morgan fingerprint density at radius 3 is 2.64 bits per heavy atom. The highest BCUT2D eigenvalue weighted by molar-refractivity contribution is 6.20. The monoisotopic (exact) mass is 209 g/mol. The molecule has 0 bridgehead atoms. The molecule has 14 heavy (non-hydrogen) atoms. The summed E-state index contributed by atoms with van der Waals surface area (Å²) < 4.78 is 5.04. The van der Waals surface area contributed by atoms with Crippen molar-refractivity contribution in [1.82, 2.24) is 15.1 Å². The highest BCUT2D eigenvalue weighted by Gasteiger charge is 2.11. The van der Waals surface area contributed by atoms with E-state index in [9.17, 15) is 0 Å². The number of aromatic nitrogens is 3. The van der Waals surface area contributed by atoms with Gasteiger partial charge < -0.3 is 4.52 Å². The van der Waals surface area contributed by atoms with Crippen LogP contribution in [-0.2, 0) is 0 Å². The molecule has 1 unspecified atom stereocenters. The Bertz CT molecular complexity index is 413. The first-order valence-corrected chi connectivity index (χ1v) is 4.59. The largest absolute Gasteiger partial charge is 0.334 e. The molecule has 0 aliphatic carbocycles. The van der Waals surface area contributed by atoms with Crippen LogP contribution in [0.4, 0.5) is 0 Å². The summed E-state index contributed by atoms with van der Waals surface area (Å²) in [5.74, 6) is 0.966. The fourth-order valence-electron chi connectivity index (χ4n) is 1.01. The summed E-state index contributed by atoms with van der Waals surface area (Å²) in [5.41, 5.74) is 0.844. The second-order valence-corrected chi connectivity index (χ2v) is 3.46. The lowest BCUT2D eigenvalue weighted by Crippen LogP contribution is -1.86. The van der Waals surface area contributed by atoms with Crippen molar-refractivity contribution in [3.63, 3.8) is 0 Å². The molecule has 72 valence electrons. The van der Waals surface area contributed by atoms with Crippen LogP contribution in [0.5, 0.6) is 0 Å². The third kappa shape index (κ3) is 1.75. The minimum absolute atomic E-state index is 0.241.